The second-order valence-electron chi connectivity index (χ2n) is 5.77. The van der Waals surface area contributed by atoms with E-state index in [4.69, 9.17) is 0 Å². The third-order valence-corrected chi connectivity index (χ3v) is 4.51. The first-order chi connectivity index (χ1) is 9.36. The molecule has 2 bridgehead atoms. The minimum Gasteiger partial charge on any atom is -0.300 e. The molecule has 1 aromatic carbocycles. The fourth-order valence-corrected chi connectivity index (χ4v) is 3.66. The molecule has 19 heavy (non-hydrogen) atoms. The molecule has 4 rings (SSSR count). The molecule has 0 N–H and O–H groups in total. The molecular formula is C18H29N. The molecule has 1 saturated heterocycles. The lowest BCUT2D eigenvalue weighted by molar-refractivity contribution is 0.101. The van der Waals surface area contributed by atoms with Crippen LogP contribution in [0, 0.1) is 5.92 Å². The number of hydrogen-bond acceptors (Lipinski definition) is 1. The second kappa shape index (κ2) is 7.09. The molecule has 0 spiro atoms. The molecule has 2 heterocycles. The van der Waals surface area contributed by atoms with Gasteiger partial charge in [0.25, 0.3) is 0 Å². The van der Waals surface area contributed by atoms with Crippen LogP contribution in [0.5, 0.6) is 0 Å². The molecule has 1 aromatic rings. The van der Waals surface area contributed by atoms with Crippen molar-refractivity contribution in [2.45, 2.75) is 58.9 Å². The molecule has 0 radical (unpaired) electrons. The van der Waals surface area contributed by atoms with E-state index in [0.29, 0.717) is 0 Å². The van der Waals surface area contributed by atoms with Crippen LogP contribution in [0.15, 0.2) is 24.3 Å². The third kappa shape index (κ3) is 3.39. The van der Waals surface area contributed by atoms with Crippen LogP contribution >= 0.6 is 0 Å². The Labute approximate surface area is 119 Å². The number of piperidine rings is 1. The zero-order valence-electron chi connectivity index (χ0n) is 12.9. The minimum atomic E-state index is 0.813. The molecule has 0 amide bonds. The Hall–Kier alpha value is -0.820. The molecule has 0 aromatic heterocycles. The highest BCUT2D eigenvalue weighted by atomic mass is 15.2. The minimum absolute atomic E-state index is 0.813. The first-order valence-corrected chi connectivity index (χ1v) is 8.17. The highest BCUT2D eigenvalue weighted by Crippen LogP contribution is 2.32. The van der Waals surface area contributed by atoms with Gasteiger partial charge in [0, 0.05) is 12.6 Å². The standard InChI is InChI=1S/C16H23N.C2H6/c1-2-9-17-12-13-7-8-16(17)11-15-6-4-3-5-14(15)10-13;1-2/h3-6,13,16H,2,7-12H2,1H3;1-2H3. The van der Waals surface area contributed by atoms with Crippen molar-refractivity contribution in [3.63, 3.8) is 0 Å². The smallest absolute Gasteiger partial charge is 0.0136 e. The van der Waals surface area contributed by atoms with E-state index in [-0.39, 0.29) is 0 Å². The second-order valence-corrected chi connectivity index (χ2v) is 5.77. The Balaban J connectivity index is 0.000000637. The average Bonchev–Trinajstić information content (AvgIpc) is 2.42. The largest absolute Gasteiger partial charge is 0.300 e. The fourth-order valence-electron chi connectivity index (χ4n) is 3.66. The van der Waals surface area contributed by atoms with Crippen molar-refractivity contribution in [1.29, 1.82) is 0 Å². The van der Waals surface area contributed by atoms with Gasteiger partial charge in [0.2, 0.25) is 0 Å². The molecule has 2 unspecified atom stereocenters. The van der Waals surface area contributed by atoms with Gasteiger partial charge in [-0.2, -0.15) is 0 Å². The van der Waals surface area contributed by atoms with Crippen LogP contribution in [0.25, 0.3) is 0 Å². The quantitative estimate of drug-likeness (QED) is 0.765. The lowest BCUT2D eigenvalue weighted by Gasteiger charge is -2.42. The topological polar surface area (TPSA) is 3.24 Å². The Morgan fingerprint density at radius 2 is 1.74 bits per heavy atom. The van der Waals surface area contributed by atoms with Crippen LogP contribution in [0.1, 0.15) is 51.2 Å². The van der Waals surface area contributed by atoms with Gasteiger partial charge in [-0.05, 0) is 55.7 Å². The lowest BCUT2D eigenvalue weighted by Crippen LogP contribution is -2.46. The van der Waals surface area contributed by atoms with Crippen molar-refractivity contribution in [2.75, 3.05) is 13.1 Å². The van der Waals surface area contributed by atoms with Crippen LogP contribution in [0.4, 0.5) is 0 Å². The number of benzene rings is 1. The predicted octanol–water partition coefficient (Wildman–Crippen LogP) is 4.30. The molecule has 1 nitrogen and oxygen atoms in total. The summed E-state index contributed by atoms with van der Waals surface area (Å²) in [4.78, 5) is 2.75. The van der Waals surface area contributed by atoms with Gasteiger partial charge in [0.05, 0.1) is 0 Å². The summed E-state index contributed by atoms with van der Waals surface area (Å²) in [6.45, 7) is 8.94. The van der Waals surface area contributed by atoms with E-state index in [1.54, 1.807) is 11.1 Å². The molecule has 2 aliphatic heterocycles. The first-order valence-electron chi connectivity index (χ1n) is 8.17. The molecule has 3 aliphatic rings. The van der Waals surface area contributed by atoms with Gasteiger partial charge >= 0.3 is 0 Å². The summed E-state index contributed by atoms with van der Waals surface area (Å²) in [5, 5.41) is 0. The van der Waals surface area contributed by atoms with Crippen molar-refractivity contribution in [3.05, 3.63) is 35.4 Å². The molecule has 1 heteroatoms. The summed E-state index contributed by atoms with van der Waals surface area (Å²) in [5.74, 6) is 0.902. The number of fused-ring (bicyclic) bond motifs is 2. The van der Waals surface area contributed by atoms with Gasteiger partial charge in [0.1, 0.15) is 0 Å². The first kappa shape index (κ1) is 14.6. The molecule has 0 saturated carbocycles. The highest BCUT2D eigenvalue weighted by molar-refractivity contribution is 5.29. The summed E-state index contributed by atoms with van der Waals surface area (Å²) >= 11 is 0. The van der Waals surface area contributed by atoms with Crippen LogP contribution in [-0.2, 0) is 12.8 Å². The predicted molar refractivity (Wildman–Crippen MR) is 83.6 cm³/mol. The van der Waals surface area contributed by atoms with E-state index in [0.717, 1.165) is 12.0 Å². The van der Waals surface area contributed by atoms with E-state index in [2.05, 4.69) is 36.1 Å². The molecule has 106 valence electrons. The van der Waals surface area contributed by atoms with Gasteiger partial charge in [-0.3, -0.25) is 4.90 Å². The van der Waals surface area contributed by atoms with E-state index in [9.17, 15) is 0 Å². The van der Waals surface area contributed by atoms with Crippen LogP contribution < -0.4 is 0 Å². The van der Waals surface area contributed by atoms with Crippen LogP contribution in [0.3, 0.4) is 0 Å². The molecule has 1 aliphatic carbocycles. The van der Waals surface area contributed by atoms with Crippen molar-refractivity contribution >= 4 is 0 Å². The van der Waals surface area contributed by atoms with Crippen molar-refractivity contribution in [1.82, 2.24) is 4.90 Å². The van der Waals surface area contributed by atoms with Crippen molar-refractivity contribution in [3.8, 4) is 0 Å². The number of nitrogens with zero attached hydrogens (tertiary/aromatic N) is 1. The van der Waals surface area contributed by atoms with Gasteiger partial charge < -0.3 is 0 Å². The van der Waals surface area contributed by atoms with Crippen LogP contribution in [0.2, 0.25) is 0 Å². The van der Waals surface area contributed by atoms with Gasteiger partial charge in [-0.15, -0.1) is 0 Å². The van der Waals surface area contributed by atoms with E-state index in [1.807, 2.05) is 13.8 Å². The Bertz CT molecular complexity index is 385. The fraction of sp³-hybridized carbons (Fsp3) is 0.667. The summed E-state index contributed by atoms with van der Waals surface area (Å²) in [5.41, 5.74) is 3.24. The maximum atomic E-state index is 2.75. The molecule has 2 atom stereocenters. The van der Waals surface area contributed by atoms with Gasteiger partial charge in [-0.1, -0.05) is 45.0 Å². The molecular weight excluding hydrogens is 230 g/mol. The van der Waals surface area contributed by atoms with Crippen LogP contribution in [-0.4, -0.2) is 24.0 Å². The Kier molecular flexibility index (Phi) is 5.45. The maximum absolute atomic E-state index is 2.75. The average molecular weight is 259 g/mol. The Morgan fingerprint density at radius 1 is 1.05 bits per heavy atom. The summed E-state index contributed by atoms with van der Waals surface area (Å²) in [7, 11) is 0. The van der Waals surface area contributed by atoms with E-state index < -0.39 is 0 Å². The summed E-state index contributed by atoms with van der Waals surface area (Å²) in [6.07, 6.45) is 6.75. The van der Waals surface area contributed by atoms with E-state index >= 15 is 0 Å². The van der Waals surface area contributed by atoms with Gasteiger partial charge in [-0.25, -0.2) is 0 Å². The van der Waals surface area contributed by atoms with Crippen molar-refractivity contribution in [2.24, 2.45) is 5.92 Å². The summed E-state index contributed by atoms with van der Waals surface area (Å²) < 4.78 is 0. The summed E-state index contributed by atoms with van der Waals surface area (Å²) in [6, 6.07) is 9.92. The number of rotatable bonds is 2. The monoisotopic (exact) mass is 259 g/mol. The Morgan fingerprint density at radius 3 is 2.42 bits per heavy atom. The zero-order chi connectivity index (χ0) is 13.7. The maximum Gasteiger partial charge on any atom is 0.0136 e. The van der Waals surface area contributed by atoms with Crippen molar-refractivity contribution < 1.29 is 0 Å². The van der Waals surface area contributed by atoms with E-state index in [1.165, 1.54) is 45.2 Å². The third-order valence-electron chi connectivity index (χ3n) is 4.51. The lowest BCUT2D eigenvalue weighted by atomic mass is 9.80. The normalized spacial score (nSPS) is 25.8. The SMILES string of the molecule is CC.CCCN1CC2CCC1Cc1ccccc1C2. The molecule has 1 fully saturated rings. The zero-order valence-corrected chi connectivity index (χ0v) is 12.9. The van der Waals surface area contributed by atoms with Gasteiger partial charge in [0.15, 0.2) is 0 Å². The number of hydrogen-bond donors (Lipinski definition) is 0. The highest BCUT2D eigenvalue weighted by Gasteiger charge is 2.30.